The molecule has 3 heteroatoms. The van der Waals surface area contributed by atoms with Crippen LogP contribution in [0, 0.1) is 0 Å². The zero-order valence-corrected chi connectivity index (χ0v) is 6.62. The number of benzene rings is 1. The quantitative estimate of drug-likeness (QED) is 0.523. The van der Waals surface area contributed by atoms with E-state index in [1.807, 2.05) is 6.07 Å². The van der Waals surface area contributed by atoms with E-state index in [-0.39, 0.29) is 0 Å². The number of hydrogen-bond donors (Lipinski definition) is 2. The van der Waals surface area contributed by atoms with Crippen LogP contribution in [0.2, 0.25) is 0 Å². The van der Waals surface area contributed by atoms with E-state index in [1.165, 1.54) is 0 Å². The molecular weight excluding hydrogens is 164 g/mol. The average Bonchev–Trinajstić information content (AvgIpc) is 2.05. The molecule has 0 saturated heterocycles. The van der Waals surface area contributed by atoms with Crippen LogP contribution >= 0.6 is 11.6 Å². The number of aliphatic hydroxyl groups excluding tert-OH is 1. The van der Waals surface area contributed by atoms with Crippen LogP contribution in [0.4, 0.5) is 0 Å². The second-order valence-electron chi connectivity index (χ2n) is 2.25. The molecule has 1 aromatic rings. The number of alkyl halides is 1. The predicted octanol–water partition coefficient (Wildman–Crippen LogP) is 1.41. The van der Waals surface area contributed by atoms with Gasteiger partial charge in [-0.3, -0.25) is 0 Å². The van der Waals surface area contributed by atoms with Crippen LogP contribution in [0.3, 0.4) is 0 Å². The lowest BCUT2D eigenvalue weighted by molar-refractivity contribution is -0.0425. The molecule has 11 heavy (non-hydrogen) atoms. The van der Waals surface area contributed by atoms with Crippen LogP contribution in [0.15, 0.2) is 24.3 Å². The van der Waals surface area contributed by atoms with Gasteiger partial charge in [0, 0.05) is 11.4 Å². The standard InChI is InChI=1S/C8H9ClO2/c9-5-6-2-1-3-7(4-6)8(10)11/h1-4,8,10-11H,5H2. The molecule has 0 fully saturated rings. The van der Waals surface area contributed by atoms with Crippen molar-refractivity contribution < 1.29 is 10.2 Å². The third-order valence-corrected chi connectivity index (χ3v) is 1.71. The molecule has 2 nitrogen and oxygen atoms in total. The number of hydrogen-bond acceptors (Lipinski definition) is 2. The third kappa shape index (κ3) is 2.19. The van der Waals surface area contributed by atoms with E-state index in [9.17, 15) is 0 Å². The highest BCUT2D eigenvalue weighted by molar-refractivity contribution is 6.17. The first-order valence-corrected chi connectivity index (χ1v) is 3.78. The van der Waals surface area contributed by atoms with Crippen molar-refractivity contribution in [3.63, 3.8) is 0 Å². The van der Waals surface area contributed by atoms with Gasteiger partial charge in [-0.1, -0.05) is 18.2 Å². The second kappa shape index (κ2) is 3.72. The molecule has 0 unspecified atom stereocenters. The highest BCUT2D eigenvalue weighted by atomic mass is 35.5. The van der Waals surface area contributed by atoms with Crippen LogP contribution < -0.4 is 0 Å². The summed E-state index contributed by atoms with van der Waals surface area (Å²) < 4.78 is 0. The van der Waals surface area contributed by atoms with Crippen molar-refractivity contribution in [2.45, 2.75) is 12.2 Å². The van der Waals surface area contributed by atoms with Gasteiger partial charge in [0.2, 0.25) is 0 Å². The molecule has 1 rings (SSSR count). The van der Waals surface area contributed by atoms with Gasteiger partial charge >= 0.3 is 0 Å². The van der Waals surface area contributed by atoms with Gasteiger partial charge in [0.05, 0.1) is 0 Å². The van der Waals surface area contributed by atoms with Gasteiger partial charge in [0.1, 0.15) is 0 Å². The van der Waals surface area contributed by atoms with Gasteiger partial charge in [-0.25, -0.2) is 0 Å². The fourth-order valence-electron chi connectivity index (χ4n) is 0.837. The van der Waals surface area contributed by atoms with E-state index in [0.717, 1.165) is 5.56 Å². The Morgan fingerprint density at radius 1 is 1.36 bits per heavy atom. The summed E-state index contributed by atoms with van der Waals surface area (Å²) in [6.07, 6.45) is -1.40. The summed E-state index contributed by atoms with van der Waals surface area (Å²) in [5, 5.41) is 17.5. The first kappa shape index (κ1) is 8.53. The Kier molecular flexibility index (Phi) is 2.88. The van der Waals surface area contributed by atoms with Gasteiger partial charge < -0.3 is 10.2 Å². The fraction of sp³-hybridized carbons (Fsp3) is 0.250. The maximum Gasteiger partial charge on any atom is 0.178 e. The molecule has 0 radical (unpaired) electrons. The van der Waals surface area contributed by atoms with Crippen molar-refractivity contribution in [1.29, 1.82) is 0 Å². The minimum atomic E-state index is -1.40. The normalized spacial score (nSPS) is 10.5. The van der Waals surface area contributed by atoms with Crippen LogP contribution in [0.25, 0.3) is 0 Å². The van der Waals surface area contributed by atoms with E-state index < -0.39 is 6.29 Å². The summed E-state index contributed by atoms with van der Waals surface area (Å²) in [5.41, 5.74) is 1.36. The highest BCUT2D eigenvalue weighted by Crippen LogP contribution is 2.12. The Morgan fingerprint density at radius 3 is 2.64 bits per heavy atom. The van der Waals surface area contributed by atoms with Crippen molar-refractivity contribution >= 4 is 11.6 Å². The van der Waals surface area contributed by atoms with Crippen LogP contribution in [-0.2, 0) is 5.88 Å². The molecule has 0 spiro atoms. The lowest BCUT2D eigenvalue weighted by Crippen LogP contribution is -1.94. The number of aliphatic hydroxyl groups is 2. The van der Waals surface area contributed by atoms with E-state index in [2.05, 4.69) is 0 Å². The zero-order chi connectivity index (χ0) is 8.27. The van der Waals surface area contributed by atoms with E-state index in [4.69, 9.17) is 21.8 Å². The Morgan fingerprint density at radius 2 is 2.09 bits per heavy atom. The largest absolute Gasteiger partial charge is 0.364 e. The van der Waals surface area contributed by atoms with Crippen molar-refractivity contribution in [2.24, 2.45) is 0 Å². The van der Waals surface area contributed by atoms with Gasteiger partial charge in [0.15, 0.2) is 6.29 Å². The predicted molar refractivity (Wildman–Crippen MR) is 43.2 cm³/mol. The Balaban J connectivity index is 2.91. The van der Waals surface area contributed by atoms with Crippen molar-refractivity contribution in [2.75, 3.05) is 0 Å². The SMILES string of the molecule is OC(O)c1cccc(CCl)c1. The Labute approximate surface area is 70.1 Å². The summed E-state index contributed by atoms with van der Waals surface area (Å²) in [4.78, 5) is 0. The fourth-order valence-corrected chi connectivity index (χ4v) is 1.00. The second-order valence-corrected chi connectivity index (χ2v) is 2.52. The molecule has 60 valence electrons. The summed E-state index contributed by atoms with van der Waals surface area (Å²) in [6.45, 7) is 0. The molecule has 0 aliphatic carbocycles. The van der Waals surface area contributed by atoms with Crippen LogP contribution in [0.1, 0.15) is 17.4 Å². The lowest BCUT2D eigenvalue weighted by atomic mass is 10.1. The first-order chi connectivity index (χ1) is 5.24. The van der Waals surface area contributed by atoms with E-state index in [1.54, 1.807) is 18.2 Å². The molecule has 0 atom stereocenters. The summed E-state index contributed by atoms with van der Waals surface area (Å²) in [7, 11) is 0. The average molecular weight is 173 g/mol. The van der Waals surface area contributed by atoms with Gasteiger partial charge in [-0.05, 0) is 11.6 Å². The van der Waals surface area contributed by atoms with Crippen molar-refractivity contribution in [3.05, 3.63) is 35.4 Å². The highest BCUT2D eigenvalue weighted by Gasteiger charge is 2.01. The molecule has 2 N–H and O–H groups in total. The summed E-state index contributed by atoms with van der Waals surface area (Å²) >= 11 is 5.54. The first-order valence-electron chi connectivity index (χ1n) is 3.25. The molecule has 0 aromatic heterocycles. The number of halogens is 1. The van der Waals surface area contributed by atoms with Gasteiger partial charge in [-0.15, -0.1) is 11.6 Å². The molecule has 0 saturated carbocycles. The van der Waals surface area contributed by atoms with Crippen molar-refractivity contribution in [3.8, 4) is 0 Å². The van der Waals surface area contributed by atoms with Gasteiger partial charge in [-0.2, -0.15) is 0 Å². The number of rotatable bonds is 2. The molecule has 1 aromatic carbocycles. The summed E-state index contributed by atoms with van der Waals surface area (Å²) in [6, 6.07) is 6.88. The topological polar surface area (TPSA) is 40.5 Å². The molecular formula is C8H9ClO2. The maximum atomic E-state index is 8.76. The van der Waals surface area contributed by atoms with Crippen LogP contribution in [-0.4, -0.2) is 10.2 Å². The third-order valence-electron chi connectivity index (χ3n) is 1.40. The molecule has 0 heterocycles. The molecule has 0 bridgehead atoms. The minimum absolute atomic E-state index is 0.389. The Bertz CT molecular complexity index is 235. The molecule has 0 amide bonds. The minimum Gasteiger partial charge on any atom is -0.364 e. The Hall–Kier alpha value is -0.570. The maximum absolute atomic E-state index is 8.76. The van der Waals surface area contributed by atoms with Gasteiger partial charge in [0.25, 0.3) is 0 Å². The van der Waals surface area contributed by atoms with E-state index in [0.29, 0.717) is 11.4 Å². The van der Waals surface area contributed by atoms with E-state index >= 15 is 0 Å². The molecule has 0 aliphatic rings. The lowest BCUT2D eigenvalue weighted by Gasteiger charge is -2.03. The van der Waals surface area contributed by atoms with Crippen molar-refractivity contribution in [1.82, 2.24) is 0 Å². The molecule has 0 aliphatic heterocycles. The monoisotopic (exact) mass is 172 g/mol. The summed E-state index contributed by atoms with van der Waals surface area (Å²) in [5.74, 6) is 0.389. The smallest absolute Gasteiger partial charge is 0.178 e. The zero-order valence-electron chi connectivity index (χ0n) is 5.87. The van der Waals surface area contributed by atoms with Crippen LogP contribution in [0.5, 0.6) is 0 Å².